The Labute approximate surface area is 133 Å². The first kappa shape index (κ1) is 15.1. The highest BCUT2D eigenvalue weighted by atomic mass is 32.2. The smallest absolute Gasteiger partial charge is 0.338 e. The second-order valence-corrected chi connectivity index (χ2v) is 6.44. The Hall–Kier alpha value is -1.82. The van der Waals surface area contributed by atoms with Crippen LogP contribution in [0.15, 0.2) is 23.7 Å². The fourth-order valence-electron chi connectivity index (χ4n) is 2.53. The van der Waals surface area contributed by atoms with Gasteiger partial charge in [-0.1, -0.05) is 6.08 Å². The Bertz CT molecular complexity index is 736. The molecule has 0 N–H and O–H groups in total. The average Bonchev–Trinajstić information content (AvgIpc) is 3.15. The molecular weight excluding hydrogens is 298 g/mol. The van der Waals surface area contributed by atoms with Crippen LogP contribution in [0.5, 0.6) is 0 Å². The number of allylic oxidation sites excluding steroid dienone is 1. The van der Waals surface area contributed by atoms with E-state index in [0.717, 1.165) is 22.5 Å². The standard InChI is InChI=1S/C16H19N3O2S/c1-4-21-16(20)12-7-14(11-5-6-22-9-11)18-15-13(12)8-17-19(15)10(2)3/h5-8,10-11H,4,9H2,1-3H3. The molecule has 0 aliphatic carbocycles. The van der Waals surface area contributed by atoms with E-state index in [4.69, 9.17) is 9.72 Å². The first-order valence-electron chi connectivity index (χ1n) is 7.45. The van der Waals surface area contributed by atoms with E-state index in [1.165, 1.54) is 0 Å². The van der Waals surface area contributed by atoms with Gasteiger partial charge in [-0.15, -0.1) is 11.8 Å². The number of nitrogens with zero attached hydrogens (tertiary/aromatic N) is 3. The van der Waals surface area contributed by atoms with Crippen molar-refractivity contribution in [1.82, 2.24) is 14.8 Å². The van der Waals surface area contributed by atoms with Crippen LogP contribution >= 0.6 is 11.8 Å². The number of fused-ring (bicyclic) bond motifs is 1. The minimum Gasteiger partial charge on any atom is -0.462 e. The molecule has 5 nitrogen and oxygen atoms in total. The summed E-state index contributed by atoms with van der Waals surface area (Å²) in [7, 11) is 0. The summed E-state index contributed by atoms with van der Waals surface area (Å²) in [5.74, 6) is 0.878. The molecule has 0 radical (unpaired) electrons. The Morgan fingerprint density at radius 2 is 2.36 bits per heavy atom. The van der Waals surface area contributed by atoms with Gasteiger partial charge >= 0.3 is 5.97 Å². The first-order valence-corrected chi connectivity index (χ1v) is 8.50. The minimum atomic E-state index is -0.311. The minimum absolute atomic E-state index is 0.184. The molecule has 0 fully saturated rings. The number of rotatable bonds is 4. The van der Waals surface area contributed by atoms with Gasteiger partial charge in [-0.2, -0.15) is 5.10 Å². The van der Waals surface area contributed by atoms with Gasteiger partial charge < -0.3 is 4.74 Å². The Balaban J connectivity index is 2.18. The molecule has 2 aromatic rings. The third-order valence-corrected chi connectivity index (χ3v) is 4.53. The molecule has 3 heterocycles. The predicted octanol–water partition coefficient (Wildman–Crippen LogP) is 3.53. The molecule has 0 spiro atoms. The zero-order valence-corrected chi connectivity index (χ0v) is 13.8. The molecule has 0 bridgehead atoms. The van der Waals surface area contributed by atoms with Gasteiger partial charge in [-0.3, -0.25) is 0 Å². The van der Waals surface area contributed by atoms with Crippen LogP contribution in [-0.2, 0) is 4.74 Å². The van der Waals surface area contributed by atoms with Crippen molar-refractivity contribution in [2.45, 2.75) is 32.7 Å². The van der Waals surface area contributed by atoms with Crippen molar-refractivity contribution in [1.29, 1.82) is 0 Å². The van der Waals surface area contributed by atoms with Crippen molar-refractivity contribution >= 4 is 28.8 Å². The number of thioether (sulfide) groups is 1. The fourth-order valence-corrected chi connectivity index (χ4v) is 3.43. The molecule has 0 saturated carbocycles. The highest BCUT2D eigenvalue weighted by Gasteiger charge is 2.22. The highest BCUT2D eigenvalue weighted by Crippen LogP contribution is 2.31. The molecule has 6 heteroatoms. The summed E-state index contributed by atoms with van der Waals surface area (Å²) in [4.78, 5) is 17.1. The number of pyridine rings is 1. The van der Waals surface area contributed by atoms with E-state index in [-0.39, 0.29) is 17.9 Å². The van der Waals surface area contributed by atoms with Crippen molar-refractivity contribution in [2.75, 3.05) is 12.4 Å². The van der Waals surface area contributed by atoms with E-state index >= 15 is 0 Å². The van der Waals surface area contributed by atoms with Gasteiger partial charge in [-0.25, -0.2) is 14.5 Å². The van der Waals surface area contributed by atoms with Crippen molar-refractivity contribution in [3.05, 3.63) is 35.0 Å². The molecule has 0 amide bonds. The third-order valence-electron chi connectivity index (χ3n) is 3.63. The molecule has 0 aromatic carbocycles. The van der Waals surface area contributed by atoms with Crippen LogP contribution in [0.1, 0.15) is 48.8 Å². The Morgan fingerprint density at radius 3 is 3.00 bits per heavy atom. The van der Waals surface area contributed by atoms with Gasteiger partial charge in [0.05, 0.1) is 29.4 Å². The molecule has 22 heavy (non-hydrogen) atoms. The molecule has 1 unspecified atom stereocenters. The number of hydrogen-bond acceptors (Lipinski definition) is 5. The van der Waals surface area contributed by atoms with Gasteiger partial charge in [0.2, 0.25) is 0 Å². The first-order chi connectivity index (χ1) is 10.6. The maximum Gasteiger partial charge on any atom is 0.338 e. The summed E-state index contributed by atoms with van der Waals surface area (Å²) >= 11 is 1.76. The summed E-state index contributed by atoms with van der Waals surface area (Å²) in [5.41, 5.74) is 2.21. The van der Waals surface area contributed by atoms with E-state index in [2.05, 4.69) is 30.4 Å². The fraction of sp³-hybridized carbons (Fsp3) is 0.438. The summed E-state index contributed by atoms with van der Waals surface area (Å²) < 4.78 is 7.05. The van der Waals surface area contributed by atoms with Crippen LogP contribution in [0.4, 0.5) is 0 Å². The second kappa shape index (κ2) is 6.12. The van der Waals surface area contributed by atoms with Gasteiger partial charge in [0.1, 0.15) is 0 Å². The summed E-state index contributed by atoms with van der Waals surface area (Å²) in [6, 6.07) is 2.04. The summed E-state index contributed by atoms with van der Waals surface area (Å²) in [5, 5.41) is 7.23. The number of esters is 1. The largest absolute Gasteiger partial charge is 0.462 e. The molecule has 1 aliphatic rings. The van der Waals surface area contributed by atoms with E-state index < -0.39 is 0 Å². The van der Waals surface area contributed by atoms with Crippen molar-refractivity contribution in [2.24, 2.45) is 0 Å². The molecule has 0 saturated heterocycles. The second-order valence-electron chi connectivity index (χ2n) is 5.50. The quantitative estimate of drug-likeness (QED) is 0.807. The molecule has 3 rings (SSSR count). The SMILES string of the molecule is CCOC(=O)c1cc(C2C=CSC2)nc2c1cnn2C(C)C. The molecule has 1 aliphatic heterocycles. The lowest BCUT2D eigenvalue weighted by molar-refractivity contribution is 0.0528. The van der Waals surface area contributed by atoms with E-state index in [1.54, 1.807) is 18.0 Å². The number of aromatic nitrogens is 3. The topological polar surface area (TPSA) is 57.0 Å². The van der Waals surface area contributed by atoms with Crippen LogP contribution in [0, 0.1) is 0 Å². The van der Waals surface area contributed by atoms with Gasteiger partial charge in [0.15, 0.2) is 5.65 Å². The zero-order chi connectivity index (χ0) is 15.7. The maximum atomic E-state index is 12.3. The molecule has 2 aromatic heterocycles. The predicted molar refractivity (Wildman–Crippen MR) is 88.2 cm³/mol. The van der Waals surface area contributed by atoms with Crippen molar-refractivity contribution in [3.63, 3.8) is 0 Å². The van der Waals surface area contributed by atoms with Gasteiger partial charge in [-0.05, 0) is 32.2 Å². The van der Waals surface area contributed by atoms with Crippen LogP contribution in [-0.4, -0.2) is 33.1 Å². The summed E-state index contributed by atoms with van der Waals surface area (Å²) in [6.07, 6.45) is 3.83. The lowest BCUT2D eigenvalue weighted by Gasteiger charge is -2.12. The van der Waals surface area contributed by atoms with Crippen LogP contribution in [0.2, 0.25) is 0 Å². The molecule has 116 valence electrons. The maximum absolute atomic E-state index is 12.3. The number of carbonyl (C=O) groups is 1. The van der Waals surface area contributed by atoms with Crippen LogP contribution < -0.4 is 0 Å². The monoisotopic (exact) mass is 317 g/mol. The van der Waals surface area contributed by atoms with Gasteiger partial charge in [0, 0.05) is 17.7 Å². The molecule has 1 atom stereocenters. The van der Waals surface area contributed by atoms with Crippen molar-refractivity contribution < 1.29 is 9.53 Å². The van der Waals surface area contributed by atoms with Crippen LogP contribution in [0.25, 0.3) is 11.0 Å². The van der Waals surface area contributed by atoms with E-state index in [9.17, 15) is 4.79 Å². The molecular formula is C16H19N3O2S. The Kier molecular flexibility index (Phi) is 4.20. The average molecular weight is 317 g/mol. The lowest BCUT2D eigenvalue weighted by atomic mass is 10.0. The lowest BCUT2D eigenvalue weighted by Crippen LogP contribution is -2.10. The highest BCUT2D eigenvalue weighted by molar-refractivity contribution is 8.02. The van der Waals surface area contributed by atoms with E-state index in [1.807, 2.05) is 17.7 Å². The van der Waals surface area contributed by atoms with E-state index in [0.29, 0.717) is 12.2 Å². The number of ether oxygens (including phenoxy) is 1. The number of carbonyl (C=O) groups excluding carboxylic acids is 1. The number of hydrogen-bond donors (Lipinski definition) is 0. The van der Waals surface area contributed by atoms with Crippen LogP contribution in [0.3, 0.4) is 0 Å². The normalized spacial score (nSPS) is 17.5. The van der Waals surface area contributed by atoms with Crippen molar-refractivity contribution in [3.8, 4) is 0 Å². The van der Waals surface area contributed by atoms with Gasteiger partial charge in [0.25, 0.3) is 0 Å². The Morgan fingerprint density at radius 1 is 1.55 bits per heavy atom. The summed E-state index contributed by atoms with van der Waals surface area (Å²) in [6.45, 7) is 6.27. The zero-order valence-electron chi connectivity index (χ0n) is 12.9. The third kappa shape index (κ3) is 2.63.